The molecule has 0 aromatic heterocycles. The lowest BCUT2D eigenvalue weighted by molar-refractivity contribution is -0.121. The van der Waals surface area contributed by atoms with Gasteiger partial charge in [0.1, 0.15) is 18.2 Å². The Morgan fingerprint density at radius 1 is 0.941 bits per heavy atom. The molecule has 4 rings (SSSR count). The zero-order chi connectivity index (χ0) is 24.0. The molecule has 34 heavy (non-hydrogen) atoms. The average Bonchev–Trinajstić information content (AvgIpc) is 3.64. The Kier molecular flexibility index (Phi) is 7.59. The summed E-state index contributed by atoms with van der Waals surface area (Å²) in [6.07, 6.45) is 2.61. The molecule has 2 N–H and O–H groups in total. The molecule has 0 atom stereocenters. The van der Waals surface area contributed by atoms with Crippen LogP contribution < -0.4 is 14.8 Å². The molecule has 1 amide bonds. The SMILES string of the molecule is O=C(CCc1ccc(S(=O)(=O)NC2CC2)cc1)NCc1ccc(OCc2cccc(F)c2)cc1. The van der Waals surface area contributed by atoms with Gasteiger partial charge >= 0.3 is 0 Å². The molecular formula is C26H27FN2O4S. The number of carbonyl (C=O) groups excluding carboxylic acids is 1. The van der Waals surface area contributed by atoms with E-state index in [-0.39, 0.29) is 29.3 Å². The second-order valence-corrected chi connectivity index (χ2v) is 10.1. The Labute approximate surface area is 199 Å². The highest BCUT2D eigenvalue weighted by atomic mass is 32.2. The third-order valence-electron chi connectivity index (χ3n) is 5.48. The van der Waals surface area contributed by atoms with Gasteiger partial charge in [0, 0.05) is 19.0 Å². The fourth-order valence-electron chi connectivity index (χ4n) is 3.37. The summed E-state index contributed by atoms with van der Waals surface area (Å²) in [4.78, 5) is 12.5. The molecule has 0 heterocycles. The number of aryl methyl sites for hydroxylation is 1. The molecule has 8 heteroatoms. The van der Waals surface area contributed by atoms with Crippen molar-refractivity contribution >= 4 is 15.9 Å². The van der Waals surface area contributed by atoms with Crippen molar-refractivity contribution in [3.05, 3.63) is 95.3 Å². The maximum absolute atomic E-state index is 13.2. The molecule has 0 aliphatic heterocycles. The van der Waals surface area contributed by atoms with E-state index in [1.54, 1.807) is 36.4 Å². The van der Waals surface area contributed by atoms with Gasteiger partial charge in [0.25, 0.3) is 0 Å². The van der Waals surface area contributed by atoms with Crippen molar-refractivity contribution < 1.29 is 22.3 Å². The van der Waals surface area contributed by atoms with Gasteiger partial charge in [-0.3, -0.25) is 4.79 Å². The van der Waals surface area contributed by atoms with E-state index >= 15 is 0 Å². The third kappa shape index (κ3) is 7.13. The van der Waals surface area contributed by atoms with Gasteiger partial charge in [0.15, 0.2) is 0 Å². The smallest absolute Gasteiger partial charge is 0.240 e. The number of ether oxygens (including phenoxy) is 1. The minimum Gasteiger partial charge on any atom is -0.489 e. The van der Waals surface area contributed by atoms with E-state index < -0.39 is 10.0 Å². The van der Waals surface area contributed by atoms with Crippen molar-refractivity contribution in [2.45, 2.75) is 49.8 Å². The van der Waals surface area contributed by atoms with Gasteiger partial charge in [-0.15, -0.1) is 0 Å². The standard InChI is InChI=1S/C26H27FN2O4S/c27-22-3-1-2-21(16-22)18-33-24-11-4-20(5-12-24)17-28-26(30)15-8-19-6-13-25(14-7-19)34(31,32)29-23-9-10-23/h1-7,11-14,16,23,29H,8-10,15,17-18H2,(H,28,30). The lowest BCUT2D eigenvalue weighted by atomic mass is 10.1. The Morgan fingerprint density at radius 2 is 1.65 bits per heavy atom. The molecule has 3 aromatic rings. The molecule has 1 saturated carbocycles. The van der Waals surface area contributed by atoms with E-state index in [1.807, 2.05) is 24.3 Å². The number of nitrogens with one attached hydrogen (secondary N) is 2. The van der Waals surface area contributed by atoms with Gasteiger partial charge in [-0.25, -0.2) is 17.5 Å². The summed E-state index contributed by atoms with van der Waals surface area (Å²) < 4.78 is 46.0. The Morgan fingerprint density at radius 3 is 2.32 bits per heavy atom. The average molecular weight is 483 g/mol. The van der Waals surface area contributed by atoms with Crippen LogP contribution in [0.1, 0.15) is 36.0 Å². The summed E-state index contributed by atoms with van der Waals surface area (Å²) in [5.41, 5.74) is 2.59. The highest BCUT2D eigenvalue weighted by Gasteiger charge is 2.27. The zero-order valence-corrected chi connectivity index (χ0v) is 19.5. The maximum atomic E-state index is 13.2. The molecule has 178 valence electrons. The van der Waals surface area contributed by atoms with Crippen molar-refractivity contribution in [1.29, 1.82) is 0 Å². The number of benzene rings is 3. The lowest BCUT2D eigenvalue weighted by Gasteiger charge is -2.09. The summed E-state index contributed by atoms with van der Waals surface area (Å²) in [6, 6.07) is 20.4. The van der Waals surface area contributed by atoms with Gasteiger partial charge in [-0.2, -0.15) is 0 Å². The topological polar surface area (TPSA) is 84.5 Å². The van der Waals surface area contributed by atoms with Gasteiger partial charge < -0.3 is 10.1 Å². The molecular weight excluding hydrogens is 455 g/mol. The number of hydrogen-bond donors (Lipinski definition) is 2. The van der Waals surface area contributed by atoms with Gasteiger partial charge in [-0.05, 0) is 72.4 Å². The molecule has 0 spiro atoms. The molecule has 0 unspecified atom stereocenters. The van der Waals surface area contributed by atoms with E-state index in [4.69, 9.17) is 4.74 Å². The second kappa shape index (κ2) is 10.8. The first-order chi connectivity index (χ1) is 16.4. The van der Waals surface area contributed by atoms with E-state index in [9.17, 15) is 17.6 Å². The zero-order valence-electron chi connectivity index (χ0n) is 18.7. The van der Waals surface area contributed by atoms with Gasteiger partial charge in [0.05, 0.1) is 4.90 Å². The van der Waals surface area contributed by atoms with Crippen LogP contribution in [0, 0.1) is 5.82 Å². The highest BCUT2D eigenvalue weighted by molar-refractivity contribution is 7.89. The number of carbonyl (C=O) groups is 1. The van der Waals surface area contributed by atoms with E-state index in [1.165, 1.54) is 12.1 Å². The number of hydrogen-bond acceptors (Lipinski definition) is 4. The number of halogens is 1. The van der Waals surface area contributed by atoms with Crippen LogP contribution in [0.5, 0.6) is 5.75 Å². The number of sulfonamides is 1. The first kappa shape index (κ1) is 23.9. The monoisotopic (exact) mass is 482 g/mol. The van der Waals surface area contributed by atoms with Crippen LogP contribution >= 0.6 is 0 Å². The van der Waals surface area contributed by atoms with Crippen LogP contribution in [0.15, 0.2) is 77.7 Å². The summed E-state index contributed by atoms with van der Waals surface area (Å²) in [7, 11) is -3.46. The first-order valence-corrected chi connectivity index (χ1v) is 12.7. The third-order valence-corrected chi connectivity index (χ3v) is 7.02. The minimum absolute atomic E-state index is 0.0670. The lowest BCUT2D eigenvalue weighted by Crippen LogP contribution is -2.25. The predicted octanol–water partition coefficient (Wildman–Crippen LogP) is 4.09. The van der Waals surface area contributed by atoms with E-state index in [0.717, 1.165) is 29.5 Å². The maximum Gasteiger partial charge on any atom is 0.240 e. The van der Waals surface area contributed by atoms with Crippen LogP contribution in [0.25, 0.3) is 0 Å². The fourth-order valence-corrected chi connectivity index (χ4v) is 4.67. The van der Waals surface area contributed by atoms with Gasteiger partial charge in [0.2, 0.25) is 15.9 Å². The molecule has 1 aliphatic rings. The summed E-state index contributed by atoms with van der Waals surface area (Å²) in [6.45, 7) is 0.671. The summed E-state index contributed by atoms with van der Waals surface area (Å²) in [5.74, 6) is 0.286. The first-order valence-electron chi connectivity index (χ1n) is 11.2. The van der Waals surface area contributed by atoms with Crippen molar-refractivity contribution in [2.24, 2.45) is 0 Å². The van der Waals surface area contributed by atoms with Crippen LogP contribution in [-0.2, 0) is 34.4 Å². The summed E-state index contributed by atoms with van der Waals surface area (Å²) >= 11 is 0. The van der Waals surface area contributed by atoms with Crippen LogP contribution in [-0.4, -0.2) is 20.4 Å². The van der Waals surface area contributed by atoms with Crippen LogP contribution in [0.3, 0.4) is 0 Å². The van der Waals surface area contributed by atoms with Crippen LogP contribution in [0.2, 0.25) is 0 Å². The number of rotatable bonds is 11. The normalized spacial score (nSPS) is 13.4. The molecule has 1 fully saturated rings. The molecule has 1 aliphatic carbocycles. The molecule has 0 bridgehead atoms. The Hall–Kier alpha value is -3.23. The van der Waals surface area contributed by atoms with Crippen molar-refractivity contribution in [2.75, 3.05) is 0 Å². The summed E-state index contributed by atoms with van der Waals surface area (Å²) in [5, 5.41) is 2.89. The fraction of sp³-hybridized carbons (Fsp3) is 0.269. The molecule has 3 aromatic carbocycles. The van der Waals surface area contributed by atoms with Crippen molar-refractivity contribution in [1.82, 2.24) is 10.0 Å². The molecule has 0 radical (unpaired) electrons. The Bertz CT molecular complexity index is 1220. The quantitative estimate of drug-likeness (QED) is 0.431. The van der Waals surface area contributed by atoms with E-state index in [0.29, 0.717) is 25.1 Å². The molecule has 6 nitrogen and oxygen atoms in total. The predicted molar refractivity (Wildman–Crippen MR) is 127 cm³/mol. The van der Waals surface area contributed by atoms with Gasteiger partial charge in [-0.1, -0.05) is 36.4 Å². The largest absolute Gasteiger partial charge is 0.489 e. The minimum atomic E-state index is -3.46. The second-order valence-electron chi connectivity index (χ2n) is 8.38. The Balaban J connectivity index is 1.18. The highest BCUT2D eigenvalue weighted by Crippen LogP contribution is 2.22. The molecule has 0 saturated heterocycles. The van der Waals surface area contributed by atoms with Crippen LogP contribution in [0.4, 0.5) is 4.39 Å². The van der Waals surface area contributed by atoms with E-state index in [2.05, 4.69) is 10.0 Å². The van der Waals surface area contributed by atoms with Crippen molar-refractivity contribution in [3.63, 3.8) is 0 Å². The van der Waals surface area contributed by atoms with Crippen molar-refractivity contribution in [3.8, 4) is 5.75 Å². The number of amides is 1.